The molecule has 4 nitrogen and oxygen atoms in total. The fourth-order valence-electron chi connectivity index (χ4n) is 3.31. The Balaban J connectivity index is 1.69. The Morgan fingerprint density at radius 3 is 2.57 bits per heavy atom. The van der Waals surface area contributed by atoms with Gasteiger partial charge in [-0.3, -0.25) is 0 Å². The van der Waals surface area contributed by atoms with Crippen molar-refractivity contribution in [3.63, 3.8) is 0 Å². The molecule has 0 fully saturated rings. The summed E-state index contributed by atoms with van der Waals surface area (Å²) in [6.45, 7) is 3.89. The predicted molar refractivity (Wildman–Crippen MR) is 119 cm³/mol. The van der Waals surface area contributed by atoms with E-state index in [4.69, 9.17) is 4.42 Å². The highest BCUT2D eigenvalue weighted by Crippen LogP contribution is 2.37. The third-order valence-electron chi connectivity index (χ3n) is 5.21. The van der Waals surface area contributed by atoms with Gasteiger partial charge in [-0.2, -0.15) is 0 Å². The second-order valence-electron chi connectivity index (χ2n) is 6.98. The van der Waals surface area contributed by atoms with Crippen LogP contribution in [0.2, 0.25) is 0 Å². The fraction of sp³-hybridized carbons (Fsp3) is 0.217. The Bertz CT molecular complexity index is 1240. The number of fused-ring (bicyclic) bond motifs is 1. The molecule has 0 unspecified atom stereocenters. The van der Waals surface area contributed by atoms with E-state index in [-0.39, 0.29) is 5.82 Å². The number of thiazole rings is 1. The zero-order valence-corrected chi connectivity index (χ0v) is 18.1. The summed E-state index contributed by atoms with van der Waals surface area (Å²) in [6, 6.07) is 13.1. The van der Waals surface area contributed by atoms with Crippen LogP contribution in [0.5, 0.6) is 0 Å². The summed E-state index contributed by atoms with van der Waals surface area (Å²) >= 11 is 2.93. The van der Waals surface area contributed by atoms with E-state index in [9.17, 15) is 14.3 Å². The molecule has 2 aromatic carbocycles. The van der Waals surface area contributed by atoms with E-state index in [2.05, 4.69) is 4.98 Å². The van der Waals surface area contributed by atoms with Gasteiger partial charge in [0.2, 0.25) is 0 Å². The molecule has 0 spiro atoms. The van der Waals surface area contributed by atoms with Gasteiger partial charge in [-0.15, -0.1) is 11.3 Å². The van der Waals surface area contributed by atoms with Crippen molar-refractivity contribution in [1.82, 2.24) is 4.98 Å². The molecule has 0 atom stereocenters. The molecule has 0 radical (unpaired) electrons. The average Bonchev–Trinajstić information content (AvgIpc) is 3.22. The monoisotopic (exact) mass is 441 g/mol. The van der Waals surface area contributed by atoms with Gasteiger partial charge < -0.3 is 9.52 Å². The van der Waals surface area contributed by atoms with Gasteiger partial charge in [0, 0.05) is 21.7 Å². The van der Waals surface area contributed by atoms with Gasteiger partial charge in [0.25, 0.3) is 0 Å². The lowest BCUT2D eigenvalue weighted by atomic mass is 9.94. The Kier molecular flexibility index (Phi) is 5.77. The standard InChI is InChI=1S/C23H20FNO3S2/c1-3-23(27,4-2)20-13-29-22(25-20)30-16-9-10-17-18(12-21(26)28-19(17)11-16)14-5-7-15(24)8-6-14/h5-13,27H,3-4H2,1-2H3. The van der Waals surface area contributed by atoms with Crippen molar-refractivity contribution in [2.24, 2.45) is 0 Å². The maximum atomic E-state index is 13.3. The minimum Gasteiger partial charge on any atom is -0.423 e. The SMILES string of the molecule is CCC(O)(CC)c1csc(Sc2ccc3c(-c4ccc(F)cc4)cc(=O)oc3c2)n1. The number of aromatic nitrogens is 1. The van der Waals surface area contributed by atoms with Crippen molar-refractivity contribution in [2.45, 2.75) is 41.5 Å². The van der Waals surface area contributed by atoms with Crippen LogP contribution in [0.1, 0.15) is 32.4 Å². The molecule has 0 bridgehead atoms. The predicted octanol–water partition coefficient (Wildman–Crippen LogP) is 6.21. The van der Waals surface area contributed by atoms with Crippen molar-refractivity contribution >= 4 is 34.1 Å². The summed E-state index contributed by atoms with van der Waals surface area (Å²) in [5, 5.41) is 13.3. The van der Waals surface area contributed by atoms with Gasteiger partial charge in [0.1, 0.15) is 17.0 Å². The van der Waals surface area contributed by atoms with Crippen LogP contribution >= 0.6 is 23.1 Å². The van der Waals surface area contributed by atoms with Gasteiger partial charge >= 0.3 is 5.63 Å². The first-order chi connectivity index (χ1) is 14.4. The van der Waals surface area contributed by atoms with Gasteiger partial charge in [-0.05, 0) is 54.3 Å². The van der Waals surface area contributed by atoms with E-state index < -0.39 is 11.2 Å². The maximum absolute atomic E-state index is 13.3. The Labute approximate surface area is 181 Å². The summed E-state index contributed by atoms with van der Waals surface area (Å²) in [7, 11) is 0. The number of hydrogen-bond donors (Lipinski definition) is 1. The second kappa shape index (κ2) is 8.34. The third kappa shape index (κ3) is 4.05. The second-order valence-corrected chi connectivity index (χ2v) is 9.16. The van der Waals surface area contributed by atoms with Crippen LogP contribution in [-0.4, -0.2) is 10.1 Å². The van der Waals surface area contributed by atoms with Crippen molar-refractivity contribution < 1.29 is 13.9 Å². The molecule has 0 saturated carbocycles. The first-order valence-corrected chi connectivity index (χ1v) is 11.3. The van der Waals surface area contributed by atoms with Crippen LogP contribution in [0.4, 0.5) is 4.39 Å². The Morgan fingerprint density at radius 2 is 1.87 bits per heavy atom. The van der Waals surface area contributed by atoms with E-state index in [1.54, 1.807) is 18.2 Å². The molecule has 4 aromatic rings. The maximum Gasteiger partial charge on any atom is 0.336 e. The first-order valence-electron chi connectivity index (χ1n) is 9.62. The van der Waals surface area contributed by atoms with E-state index in [0.717, 1.165) is 20.2 Å². The lowest BCUT2D eigenvalue weighted by Gasteiger charge is -2.22. The van der Waals surface area contributed by atoms with E-state index >= 15 is 0 Å². The first kappa shape index (κ1) is 20.8. The molecule has 2 heterocycles. The molecule has 0 aliphatic rings. The van der Waals surface area contributed by atoms with Gasteiger partial charge in [-0.25, -0.2) is 14.2 Å². The number of aliphatic hydroxyl groups is 1. The molecular formula is C23H20FNO3S2. The topological polar surface area (TPSA) is 63.3 Å². The molecule has 0 saturated heterocycles. The van der Waals surface area contributed by atoms with Crippen LogP contribution < -0.4 is 5.63 Å². The van der Waals surface area contributed by atoms with Gasteiger partial charge in [0.15, 0.2) is 4.34 Å². The number of halogens is 1. The van der Waals surface area contributed by atoms with E-state index in [0.29, 0.717) is 29.7 Å². The van der Waals surface area contributed by atoms with Gasteiger partial charge in [0.05, 0.1) is 5.69 Å². The summed E-state index contributed by atoms with van der Waals surface area (Å²) in [4.78, 5) is 17.6. The average molecular weight is 442 g/mol. The lowest BCUT2D eigenvalue weighted by molar-refractivity contribution is 0.0242. The van der Waals surface area contributed by atoms with Crippen LogP contribution in [0.25, 0.3) is 22.1 Å². The molecule has 7 heteroatoms. The number of nitrogens with zero attached hydrogens (tertiary/aromatic N) is 1. The zero-order valence-electron chi connectivity index (χ0n) is 16.5. The van der Waals surface area contributed by atoms with Crippen LogP contribution in [0.3, 0.4) is 0 Å². The van der Waals surface area contributed by atoms with E-state index in [1.165, 1.54) is 41.3 Å². The van der Waals surface area contributed by atoms with Crippen molar-refractivity contribution in [3.8, 4) is 11.1 Å². The lowest BCUT2D eigenvalue weighted by Crippen LogP contribution is -2.23. The molecule has 2 aromatic heterocycles. The molecule has 0 amide bonds. The van der Waals surface area contributed by atoms with Crippen LogP contribution in [0.15, 0.2) is 72.4 Å². The summed E-state index contributed by atoms with van der Waals surface area (Å²) < 4.78 is 19.5. The molecule has 154 valence electrons. The normalized spacial score (nSPS) is 11.9. The highest BCUT2D eigenvalue weighted by Gasteiger charge is 2.27. The highest BCUT2D eigenvalue weighted by molar-refractivity contribution is 8.01. The Hall–Kier alpha value is -2.48. The largest absolute Gasteiger partial charge is 0.423 e. The smallest absolute Gasteiger partial charge is 0.336 e. The van der Waals surface area contributed by atoms with E-state index in [1.807, 2.05) is 31.4 Å². The number of benzene rings is 2. The van der Waals surface area contributed by atoms with Crippen molar-refractivity contribution in [1.29, 1.82) is 0 Å². The number of rotatable bonds is 6. The van der Waals surface area contributed by atoms with Crippen LogP contribution in [-0.2, 0) is 5.60 Å². The quantitative estimate of drug-likeness (QED) is 0.360. The van der Waals surface area contributed by atoms with Crippen molar-refractivity contribution in [3.05, 3.63) is 75.8 Å². The third-order valence-corrected chi connectivity index (χ3v) is 7.13. The molecular weight excluding hydrogens is 421 g/mol. The Morgan fingerprint density at radius 1 is 1.13 bits per heavy atom. The highest BCUT2D eigenvalue weighted by atomic mass is 32.2. The summed E-state index contributed by atoms with van der Waals surface area (Å²) in [5.74, 6) is -0.328. The zero-order chi connectivity index (χ0) is 21.3. The number of hydrogen-bond acceptors (Lipinski definition) is 6. The van der Waals surface area contributed by atoms with Crippen LogP contribution in [0, 0.1) is 5.82 Å². The van der Waals surface area contributed by atoms with Gasteiger partial charge in [-0.1, -0.05) is 37.7 Å². The minimum atomic E-state index is -0.907. The molecule has 0 aliphatic heterocycles. The molecule has 4 rings (SSSR count). The summed E-state index contributed by atoms with van der Waals surface area (Å²) in [5.41, 5.74) is 1.22. The molecule has 0 aliphatic carbocycles. The van der Waals surface area contributed by atoms with Crippen molar-refractivity contribution in [2.75, 3.05) is 0 Å². The summed E-state index contributed by atoms with van der Waals surface area (Å²) in [6.07, 6.45) is 1.20. The molecule has 1 N–H and O–H groups in total. The molecule has 30 heavy (non-hydrogen) atoms. The fourth-order valence-corrected chi connectivity index (χ4v) is 5.21. The minimum absolute atomic E-state index is 0.328.